The molecule has 0 radical (unpaired) electrons. The Labute approximate surface area is 285 Å². The number of nitrogens with zero attached hydrogens (tertiary/aromatic N) is 5. The van der Waals surface area contributed by atoms with Crippen molar-refractivity contribution in [3.8, 4) is 23.0 Å². The van der Waals surface area contributed by atoms with Crippen molar-refractivity contribution in [1.29, 1.82) is 0 Å². The molecular weight excluding hydrogens is 662 g/mol. The van der Waals surface area contributed by atoms with E-state index in [1.165, 1.54) is 23.1 Å². The highest BCUT2D eigenvalue weighted by molar-refractivity contribution is 5.97. The standard InChI is InChI=1S/C32H31F4N7O5.C2H6/c33-20-5-6-21(22(34)15-20)26(30(45)42-10-12-43(13-11-42)32-38-8-1-9-39-32)40-28(44)27-25(16-37)47-29(41-27)19-4-7-23(48-31(35)36)24(14-19)46-17-18-2-3-18;1-2/h1,4-9,14-15,18,26,31H,2-3,10-13,16-17,37H2,(H,40,44);1-2H3. The first kappa shape index (κ1) is 36.0. The molecule has 0 spiro atoms. The molecule has 3 N–H and O–H groups in total. The zero-order valence-corrected chi connectivity index (χ0v) is 27.5. The molecule has 2 fully saturated rings. The van der Waals surface area contributed by atoms with Crippen LogP contribution in [0.4, 0.5) is 23.5 Å². The highest BCUT2D eigenvalue weighted by Gasteiger charge is 2.34. The summed E-state index contributed by atoms with van der Waals surface area (Å²) >= 11 is 0. The number of hydrogen-bond acceptors (Lipinski definition) is 10. The van der Waals surface area contributed by atoms with Crippen molar-refractivity contribution in [2.45, 2.75) is 45.9 Å². The van der Waals surface area contributed by atoms with Gasteiger partial charge in [-0.1, -0.05) is 19.9 Å². The molecule has 1 unspecified atom stereocenters. The van der Waals surface area contributed by atoms with Crippen molar-refractivity contribution in [1.82, 2.24) is 25.2 Å². The van der Waals surface area contributed by atoms with Crippen LogP contribution in [0.15, 0.2) is 59.3 Å². The lowest BCUT2D eigenvalue weighted by Gasteiger charge is -2.36. The molecule has 12 nitrogen and oxygen atoms in total. The maximum atomic E-state index is 15.1. The van der Waals surface area contributed by atoms with Crippen LogP contribution >= 0.6 is 0 Å². The Bertz CT molecular complexity index is 1770. The Morgan fingerprint density at radius 1 is 1.02 bits per heavy atom. The van der Waals surface area contributed by atoms with Crippen molar-refractivity contribution in [2.75, 3.05) is 37.7 Å². The van der Waals surface area contributed by atoms with Crippen LogP contribution in [-0.4, -0.2) is 71.1 Å². The second-order valence-electron chi connectivity index (χ2n) is 11.2. The Morgan fingerprint density at radius 3 is 2.38 bits per heavy atom. The van der Waals surface area contributed by atoms with Gasteiger partial charge >= 0.3 is 6.61 Å². The molecule has 2 aromatic carbocycles. The molecular formula is C34H37F4N7O5. The second kappa shape index (κ2) is 16.4. The van der Waals surface area contributed by atoms with Gasteiger partial charge in [-0.15, -0.1) is 0 Å². The average molecular weight is 700 g/mol. The molecule has 6 rings (SSSR count). The number of halogens is 4. The fourth-order valence-electron chi connectivity index (χ4n) is 5.20. The predicted molar refractivity (Wildman–Crippen MR) is 173 cm³/mol. The van der Waals surface area contributed by atoms with Crippen LogP contribution in [0.25, 0.3) is 11.5 Å². The van der Waals surface area contributed by atoms with Gasteiger partial charge in [-0.3, -0.25) is 9.59 Å². The van der Waals surface area contributed by atoms with E-state index in [0.717, 1.165) is 25.0 Å². The van der Waals surface area contributed by atoms with E-state index in [1.807, 2.05) is 18.7 Å². The van der Waals surface area contributed by atoms with Gasteiger partial charge in [0.25, 0.3) is 5.91 Å². The van der Waals surface area contributed by atoms with Crippen molar-refractivity contribution in [3.05, 3.63) is 83.5 Å². The molecule has 50 heavy (non-hydrogen) atoms. The summed E-state index contributed by atoms with van der Waals surface area (Å²) in [6.07, 6.45) is 5.14. The minimum absolute atomic E-state index is 0.0366. The maximum absolute atomic E-state index is 15.1. The molecule has 4 aromatic rings. The Hall–Kier alpha value is -5.25. The Morgan fingerprint density at radius 2 is 1.74 bits per heavy atom. The van der Waals surface area contributed by atoms with Gasteiger partial charge in [0.1, 0.15) is 17.7 Å². The first-order chi connectivity index (χ1) is 24.2. The topological polar surface area (TPSA) is 149 Å². The van der Waals surface area contributed by atoms with Crippen LogP contribution in [0.1, 0.15) is 54.5 Å². The normalized spacial score (nSPS) is 14.9. The van der Waals surface area contributed by atoms with Crippen LogP contribution in [0.2, 0.25) is 0 Å². The van der Waals surface area contributed by atoms with Gasteiger partial charge in [-0.05, 0) is 49.1 Å². The predicted octanol–water partition coefficient (Wildman–Crippen LogP) is 5.10. The third kappa shape index (κ3) is 8.66. The molecule has 0 bridgehead atoms. The summed E-state index contributed by atoms with van der Waals surface area (Å²) in [5.74, 6) is -2.91. The molecule has 3 heterocycles. The number of piperazine rings is 1. The number of hydrogen-bond donors (Lipinski definition) is 2. The van der Waals surface area contributed by atoms with Crippen LogP contribution in [0.3, 0.4) is 0 Å². The molecule has 1 atom stereocenters. The molecule has 1 aliphatic carbocycles. The third-order valence-electron chi connectivity index (χ3n) is 7.90. The van der Waals surface area contributed by atoms with E-state index in [1.54, 1.807) is 18.5 Å². The van der Waals surface area contributed by atoms with Crippen molar-refractivity contribution in [3.63, 3.8) is 0 Å². The quantitative estimate of drug-likeness (QED) is 0.191. The summed E-state index contributed by atoms with van der Waals surface area (Å²) in [5, 5.41) is 2.53. The van der Waals surface area contributed by atoms with Gasteiger partial charge in [0.05, 0.1) is 13.2 Å². The molecule has 266 valence electrons. The van der Waals surface area contributed by atoms with E-state index in [-0.39, 0.29) is 59.6 Å². The van der Waals surface area contributed by atoms with Crippen LogP contribution in [-0.2, 0) is 11.3 Å². The molecule has 1 aliphatic heterocycles. The second-order valence-corrected chi connectivity index (χ2v) is 11.2. The fraction of sp³-hybridized carbons (Fsp3) is 0.382. The monoisotopic (exact) mass is 699 g/mol. The summed E-state index contributed by atoms with van der Waals surface area (Å²) in [4.78, 5) is 43.6. The lowest BCUT2D eigenvalue weighted by Crippen LogP contribution is -2.52. The van der Waals surface area contributed by atoms with E-state index >= 15 is 4.39 Å². The molecule has 2 amide bonds. The van der Waals surface area contributed by atoms with Gasteiger partial charge in [0.2, 0.25) is 17.7 Å². The van der Waals surface area contributed by atoms with E-state index in [0.29, 0.717) is 37.6 Å². The number of benzene rings is 2. The molecule has 1 saturated carbocycles. The molecule has 1 saturated heterocycles. The summed E-state index contributed by atoms with van der Waals surface area (Å²) in [5.41, 5.74) is 5.59. The van der Waals surface area contributed by atoms with Gasteiger partial charge < -0.3 is 34.7 Å². The van der Waals surface area contributed by atoms with E-state index < -0.39 is 36.1 Å². The SMILES string of the molecule is CC.NCc1oc(-c2ccc(OC(F)F)c(OCC3CC3)c2)nc1C(=O)NC(C(=O)N1CCN(c2ncccn2)CC1)c1ccc(F)cc1F. The Balaban J connectivity index is 0.00000239. The number of oxazole rings is 1. The van der Waals surface area contributed by atoms with Crippen LogP contribution in [0, 0.1) is 17.6 Å². The largest absolute Gasteiger partial charge is 0.489 e. The summed E-state index contributed by atoms with van der Waals surface area (Å²) in [7, 11) is 0. The third-order valence-corrected chi connectivity index (χ3v) is 7.90. The number of nitrogens with one attached hydrogen (secondary N) is 1. The number of carbonyl (C=O) groups excluding carboxylic acids is 2. The molecule has 16 heteroatoms. The zero-order chi connectivity index (χ0) is 35.8. The van der Waals surface area contributed by atoms with Gasteiger partial charge in [0.15, 0.2) is 23.0 Å². The number of anilines is 1. The number of aromatic nitrogens is 3. The zero-order valence-electron chi connectivity index (χ0n) is 27.5. The highest BCUT2D eigenvalue weighted by Crippen LogP contribution is 2.37. The van der Waals surface area contributed by atoms with Crippen molar-refractivity contribution >= 4 is 17.8 Å². The Kier molecular flexibility index (Phi) is 11.8. The van der Waals surface area contributed by atoms with Gasteiger partial charge in [0, 0.05) is 55.8 Å². The fourth-order valence-corrected chi connectivity index (χ4v) is 5.20. The lowest BCUT2D eigenvalue weighted by atomic mass is 10.0. The van der Waals surface area contributed by atoms with E-state index in [9.17, 15) is 22.8 Å². The summed E-state index contributed by atoms with van der Waals surface area (Å²) < 4.78 is 71.0. The van der Waals surface area contributed by atoms with Crippen molar-refractivity contribution in [2.24, 2.45) is 11.7 Å². The van der Waals surface area contributed by atoms with Gasteiger partial charge in [-0.25, -0.2) is 23.7 Å². The van der Waals surface area contributed by atoms with Crippen LogP contribution in [0.5, 0.6) is 11.5 Å². The highest BCUT2D eigenvalue weighted by atomic mass is 19.3. The summed E-state index contributed by atoms with van der Waals surface area (Å²) in [6.45, 7) is 2.12. The lowest BCUT2D eigenvalue weighted by molar-refractivity contribution is -0.133. The first-order valence-corrected chi connectivity index (χ1v) is 16.2. The number of amides is 2. The number of rotatable bonds is 12. The number of alkyl halides is 2. The maximum Gasteiger partial charge on any atom is 0.387 e. The van der Waals surface area contributed by atoms with E-state index in [4.69, 9.17) is 14.9 Å². The smallest absolute Gasteiger partial charge is 0.387 e. The number of carbonyl (C=O) groups is 2. The number of nitrogens with two attached hydrogens (primary N) is 1. The average Bonchev–Trinajstić information content (AvgIpc) is 3.86. The number of ether oxygens (including phenoxy) is 2. The van der Waals surface area contributed by atoms with E-state index in [2.05, 4.69) is 25.0 Å². The van der Waals surface area contributed by atoms with Gasteiger partial charge in [-0.2, -0.15) is 8.78 Å². The van der Waals surface area contributed by atoms with Crippen molar-refractivity contribution < 1.29 is 41.0 Å². The minimum Gasteiger partial charge on any atom is -0.489 e. The molecule has 2 aliphatic rings. The summed E-state index contributed by atoms with van der Waals surface area (Å²) in [6, 6.07) is 6.89. The van der Waals surface area contributed by atoms with Crippen LogP contribution < -0.4 is 25.4 Å². The molecule has 2 aromatic heterocycles. The first-order valence-electron chi connectivity index (χ1n) is 16.2. The minimum atomic E-state index is -3.08.